The zero-order valence-electron chi connectivity index (χ0n) is 16.8. The van der Waals surface area contributed by atoms with Crippen LogP contribution in [0.15, 0.2) is 0 Å². The van der Waals surface area contributed by atoms with Crippen molar-refractivity contribution in [3.05, 3.63) is 0 Å². The molecule has 1 fully saturated rings. The maximum atomic E-state index is 12.2. The summed E-state index contributed by atoms with van der Waals surface area (Å²) < 4.78 is 5.60. The topological polar surface area (TPSA) is 46.5 Å². The molecular weight excluding hydrogens is 312 g/mol. The lowest BCUT2D eigenvalue weighted by atomic mass is 9.88. The van der Waals surface area contributed by atoms with Crippen LogP contribution in [0.25, 0.3) is 0 Å². The minimum absolute atomic E-state index is 0.0565. The van der Waals surface area contributed by atoms with Crippen molar-refractivity contribution in [2.45, 2.75) is 129 Å². The summed E-state index contributed by atoms with van der Waals surface area (Å²) >= 11 is 0. The highest BCUT2D eigenvalue weighted by Crippen LogP contribution is 2.28. The molecule has 3 nitrogen and oxygen atoms in total. The Morgan fingerprint density at radius 3 is 1.84 bits per heavy atom. The lowest BCUT2D eigenvalue weighted by Crippen LogP contribution is -2.41. The van der Waals surface area contributed by atoms with Crippen LogP contribution < -0.4 is 0 Å². The molecule has 3 heteroatoms. The van der Waals surface area contributed by atoms with Gasteiger partial charge >= 0.3 is 5.97 Å². The third kappa shape index (κ3) is 10.2. The molecule has 148 valence electrons. The van der Waals surface area contributed by atoms with Gasteiger partial charge in [-0.2, -0.15) is 0 Å². The van der Waals surface area contributed by atoms with Gasteiger partial charge in [-0.15, -0.1) is 0 Å². The van der Waals surface area contributed by atoms with Gasteiger partial charge in [-0.05, 0) is 19.3 Å². The molecule has 1 N–H and O–H groups in total. The number of hydrogen-bond donors (Lipinski definition) is 1. The summed E-state index contributed by atoms with van der Waals surface area (Å²) in [5.74, 6) is -0.438. The van der Waals surface area contributed by atoms with Gasteiger partial charge in [0.2, 0.25) is 0 Å². The zero-order valence-corrected chi connectivity index (χ0v) is 16.8. The van der Waals surface area contributed by atoms with Gasteiger partial charge in [0.25, 0.3) is 0 Å². The van der Waals surface area contributed by atoms with Gasteiger partial charge in [0.1, 0.15) is 6.10 Å². The van der Waals surface area contributed by atoms with E-state index >= 15 is 0 Å². The molecule has 0 aromatic carbocycles. The number of esters is 1. The van der Waals surface area contributed by atoms with E-state index in [0.717, 1.165) is 32.1 Å². The molecule has 0 amide bonds. The second kappa shape index (κ2) is 14.6. The van der Waals surface area contributed by atoms with Crippen molar-refractivity contribution in [2.24, 2.45) is 5.92 Å². The van der Waals surface area contributed by atoms with E-state index in [1.54, 1.807) is 0 Å². The first-order chi connectivity index (χ1) is 12.2. The van der Waals surface area contributed by atoms with E-state index in [1.807, 2.05) is 0 Å². The molecule has 0 radical (unpaired) electrons. The summed E-state index contributed by atoms with van der Waals surface area (Å²) in [5, 5.41) is 10.3. The van der Waals surface area contributed by atoms with Gasteiger partial charge in [-0.25, -0.2) is 0 Å². The molecule has 0 aliphatic carbocycles. The van der Waals surface area contributed by atoms with Crippen LogP contribution in [0.4, 0.5) is 0 Å². The Bertz CT molecular complexity index is 329. The van der Waals surface area contributed by atoms with E-state index in [2.05, 4.69) is 13.8 Å². The standard InChI is InChI=1S/C22H42O3/c1-3-5-7-9-10-11-12-13-14-16-19-18-21(23)20(22(24)25-19)17-15-8-6-4-2/h19-21,23H,3-18H2,1-2H3/t19?,20-,21-/m0/s1. The number of cyclic esters (lactones) is 1. The van der Waals surface area contributed by atoms with Crippen LogP contribution in [-0.2, 0) is 9.53 Å². The van der Waals surface area contributed by atoms with Crippen LogP contribution in [0.5, 0.6) is 0 Å². The molecule has 0 spiro atoms. The Morgan fingerprint density at radius 2 is 1.28 bits per heavy atom. The lowest BCUT2D eigenvalue weighted by Gasteiger charge is -2.32. The van der Waals surface area contributed by atoms with Gasteiger partial charge in [-0.1, -0.05) is 90.9 Å². The molecule has 0 bridgehead atoms. The smallest absolute Gasteiger partial charge is 0.311 e. The zero-order chi connectivity index (χ0) is 18.3. The molecule has 0 aromatic rings. The van der Waals surface area contributed by atoms with E-state index in [-0.39, 0.29) is 18.0 Å². The summed E-state index contributed by atoms with van der Waals surface area (Å²) in [6, 6.07) is 0. The van der Waals surface area contributed by atoms with Crippen molar-refractivity contribution in [1.29, 1.82) is 0 Å². The quantitative estimate of drug-likeness (QED) is 0.282. The van der Waals surface area contributed by atoms with Crippen LogP contribution in [-0.4, -0.2) is 23.3 Å². The van der Waals surface area contributed by atoms with Crippen LogP contribution in [0.2, 0.25) is 0 Å². The molecule has 0 aromatic heterocycles. The number of carbonyl (C=O) groups is 1. The van der Waals surface area contributed by atoms with Gasteiger partial charge in [0.05, 0.1) is 12.0 Å². The van der Waals surface area contributed by atoms with Crippen molar-refractivity contribution >= 4 is 5.97 Å². The summed E-state index contributed by atoms with van der Waals surface area (Å²) in [4.78, 5) is 12.2. The fourth-order valence-corrected chi connectivity index (χ4v) is 3.85. The van der Waals surface area contributed by atoms with Crippen LogP contribution in [0, 0.1) is 5.92 Å². The largest absolute Gasteiger partial charge is 0.462 e. The van der Waals surface area contributed by atoms with Gasteiger partial charge in [0.15, 0.2) is 0 Å². The van der Waals surface area contributed by atoms with Gasteiger partial charge < -0.3 is 9.84 Å². The number of rotatable bonds is 15. The number of hydrogen-bond acceptors (Lipinski definition) is 3. The van der Waals surface area contributed by atoms with Gasteiger partial charge in [0, 0.05) is 6.42 Å². The molecule has 1 aliphatic rings. The summed E-state index contributed by atoms with van der Waals surface area (Å²) in [6.07, 6.45) is 18.1. The minimum atomic E-state index is -0.494. The first-order valence-electron chi connectivity index (χ1n) is 11.1. The van der Waals surface area contributed by atoms with Gasteiger partial charge in [-0.3, -0.25) is 4.79 Å². The van der Waals surface area contributed by atoms with E-state index in [4.69, 9.17) is 4.74 Å². The predicted molar refractivity (Wildman–Crippen MR) is 105 cm³/mol. The summed E-state index contributed by atoms with van der Waals surface area (Å²) in [6.45, 7) is 4.43. The Balaban J connectivity index is 2.06. The molecule has 1 heterocycles. The number of aliphatic hydroxyl groups excluding tert-OH is 1. The highest BCUT2D eigenvalue weighted by atomic mass is 16.5. The SMILES string of the molecule is CCCCCCCCCCCC1C[C@H](O)[C@H](CCCCCC)C(=O)O1. The molecule has 0 saturated carbocycles. The van der Waals surface area contributed by atoms with E-state index in [9.17, 15) is 9.90 Å². The number of carbonyl (C=O) groups excluding carboxylic acids is 1. The number of unbranched alkanes of at least 4 members (excludes halogenated alkanes) is 11. The Morgan fingerprint density at radius 1 is 0.800 bits per heavy atom. The van der Waals surface area contributed by atoms with E-state index < -0.39 is 6.10 Å². The van der Waals surface area contributed by atoms with Crippen molar-refractivity contribution < 1.29 is 14.6 Å². The Labute approximate surface area is 155 Å². The average Bonchev–Trinajstić information content (AvgIpc) is 2.59. The summed E-state index contributed by atoms with van der Waals surface area (Å²) in [7, 11) is 0. The Hall–Kier alpha value is -0.570. The molecule has 1 aliphatic heterocycles. The fraction of sp³-hybridized carbons (Fsp3) is 0.955. The minimum Gasteiger partial charge on any atom is -0.462 e. The highest BCUT2D eigenvalue weighted by molar-refractivity contribution is 5.74. The lowest BCUT2D eigenvalue weighted by molar-refractivity contribution is -0.170. The second-order valence-corrected chi connectivity index (χ2v) is 7.93. The first-order valence-corrected chi connectivity index (χ1v) is 11.1. The molecule has 1 unspecified atom stereocenters. The molecule has 1 saturated heterocycles. The predicted octanol–water partition coefficient (Wildman–Crippen LogP) is 6.17. The van der Waals surface area contributed by atoms with Crippen molar-refractivity contribution in [3.63, 3.8) is 0 Å². The average molecular weight is 355 g/mol. The Kier molecular flexibility index (Phi) is 13.1. The second-order valence-electron chi connectivity index (χ2n) is 7.93. The van der Waals surface area contributed by atoms with Crippen LogP contribution in [0.1, 0.15) is 117 Å². The first kappa shape index (κ1) is 22.5. The summed E-state index contributed by atoms with van der Waals surface area (Å²) in [5.41, 5.74) is 0. The number of aliphatic hydroxyl groups is 1. The van der Waals surface area contributed by atoms with E-state index in [1.165, 1.54) is 64.2 Å². The monoisotopic (exact) mass is 354 g/mol. The third-order valence-corrected chi connectivity index (χ3v) is 5.55. The molecule has 25 heavy (non-hydrogen) atoms. The van der Waals surface area contributed by atoms with Crippen LogP contribution in [0.3, 0.4) is 0 Å². The fourth-order valence-electron chi connectivity index (χ4n) is 3.85. The van der Waals surface area contributed by atoms with Crippen molar-refractivity contribution in [3.8, 4) is 0 Å². The molecule has 3 atom stereocenters. The highest BCUT2D eigenvalue weighted by Gasteiger charge is 2.36. The maximum absolute atomic E-state index is 12.2. The van der Waals surface area contributed by atoms with E-state index in [0.29, 0.717) is 6.42 Å². The number of ether oxygens (including phenoxy) is 1. The maximum Gasteiger partial charge on any atom is 0.311 e. The third-order valence-electron chi connectivity index (χ3n) is 5.55. The van der Waals surface area contributed by atoms with Crippen molar-refractivity contribution in [2.75, 3.05) is 0 Å². The van der Waals surface area contributed by atoms with Crippen molar-refractivity contribution in [1.82, 2.24) is 0 Å². The molecular formula is C22H42O3. The molecule has 1 rings (SSSR count). The van der Waals surface area contributed by atoms with Crippen LogP contribution >= 0.6 is 0 Å². The normalized spacial score (nSPS) is 23.6.